The van der Waals surface area contributed by atoms with Gasteiger partial charge in [0.25, 0.3) is 0 Å². The normalized spacial score (nSPS) is 11.6. The standard InChI is InChI=1S/C12H24N2O.C11H23NO4.C11H24.C10H21NO.C9H19NO3.C8H17NO/c1-3-4-5-6-7-13-8-10-14(11-9-13)12(2)15;1-3-5-14-7-9-16-10-8-15-6-4-12-11(2)13;1-3-5-7-9-11-10-8-6-4-2;1-3-4-5-6-7-8-9-11-10(2)12;1-3-5-12-7-8-13-6-4-10-9(2)11;1-3-4-5-6-7-9-8(2)10/h3-11H2,1-2H3;3-10H2,1-2H3,(H,12,13);3-11H2,1-2H3;3-9H2,1-2H3,(H,11,12);3-8H2,1-2H3,(H,10,11);3-7H2,1-2H3,(H,9,10). The van der Waals surface area contributed by atoms with E-state index in [4.69, 9.17) is 23.7 Å². The van der Waals surface area contributed by atoms with Crippen LogP contribution in [-0.4, -0.2) is 164 Å². The molecule has 0 aromatic carbocycles. The predicted molar refractivity (Wildman–Crippen MR) is 323 cm³/mol. The SMILES string of the molecule is CCCCCCCCCCC.CCCCCCCCNC(C)=O.CCCCCCN1CCN(C(C)=O)CC1.CCCCCCNC(C)=O.CCCOCCOCCNC(C)=O.CCCOCCOCCOCCNC(C)=O. The van der Waals surface area contributed by atoms with E-state index in [1.54, 1.807) is 20.8 Å². The van der Waals surface area contributed by atoms with Crippen LogP contribution < -0.4 is 21.3 Å². The molecule has 77 heavy (non-hydrogen) atoms. The number of nitrogens with zero attached hydrogens (tertiary/aromatic N) is 2. The lowest BCUT2D eigenvalue weighted by Gasteiger charge is -2.34. The minimum atomic E-state index is -0.0343. The number of piperazine rings is 1. The highest BCUT2D eigenvalue weighted by molar-refractivity contribution is 5.74. The molecule has 1 fully saturated rings. The lowest BCUT2D eigenvalue weighted by Crippen LogP contribution is -2.48. The molecule has 0 bridgehead atoms. The predicted octanol–water partition coefficient (Wildman–Crippen LogP) is 11.6. The van der Waals surface area contributed by atoms with Gasteiger partial charge in [-0.05, 0) is 38.6 Å². The van der Waals surface area contributed by atoms with Crippen LogP contribution in [0.3, 0.4) is 0 Å². The maximum atomic E-state index is 11.1. The third-order valence-electron chi connectivity index (χ3n) is 11.7. The van der Waals surface area contributed by atoms with Crippen molar-refractivity contribution in [1.29, 1.82) is 0 Å². The highest BCUT2D eigenvalue weighted by atomic mass is 16.5. The van der Waals surface area contributed by atoms with Gasteiger partial charge in [-0.25, -0.2) is 0 Å². The first kappa shape index (κ1) is 82.9. The molecular formula is C61H128N6O10. The largest absolute Gasteiger partial charge is 0.379 e. The number of amides is 5. The van der Waals surface area contributed by atoms with E-state index in [2.05, 4.69) is 74.6 Å². The number of hydrogen-bond donors (Lipinski definition) is 4. The van der Waals surface area contributed by atoms with Crippen LogP contribution in [0, 0.1) is 0 Å². The monoisotopic (exact) mass is 1100 g/mol. The molecule has 0 aliphatic carbocycles. The molecule has 0 aromatic rings. The second-order valence-electron chi connectivity index (χ2n) is 19.7. The Morgan fingerprint density at radius 2 is 0.558 bits per heavy atom. The molecule has 0 aromatic heterocycles. The van der Waals surface area contributed by atoms with Gasteiger partial charge < -0.3 is 49.9 Å². The molecule has 16 nitrogen and oxygen atoms in total. The molecule has 1 aliphatic rings. The zero-order valence-electron chi connectivity index (χ0n) is 52.6. The Bertz CT molecular complexity index is 1190. The van der Waals surface area contributed by atoms with Gasteiger partial charge in [0.1, 0.15) is 0 Å². The summed E-state index contributed by atoms with van der Waals surface area (Å²) in [5, 5.41) is 10.9. The number of hydrogen-bond acceptors (Lipinski definition) is 11. The molecule has 1 saturated heterocycles. The molecule has 5 amide bonds. The molecule has 1 aliphatic heterocycles. The van der Waals surface area contributed by atoms with Crippen molar-refractivity contribution in [3.63, 3.8) is 0 Å². The van der Waals surface area contributed by atoms with Gasteiger partial charge in [-0.1, -0.05) is 177 Å². The van der Waals surface area contributed by atoms with Gasteiger partial charge in [0.15, 0.2) is 0 Å². The topological polar surface area (TPSA) is 186 Å². The minimum absolute atomic E-state index is 0.0224. The molecule has 1 heterocycles. The second kappa shape index (κ2) is 75.2. The third kappa shape index (κ3) is 89.9. The van der Waals surface area contributed by atoms with Gasteiger partial charge in [-0.15, -0.1) is 0 Å². The van der Waals surface area contributed by atoms with Crippen molar-refractivity contribution in [2.24, 2.45) is 0 Å². The molecule has 0 atom stereocenters. The molecule has 4 N–H and O–H groups in total. The average molecular weight is 1110 g/mol. The van der Waals surface area contributed by atoms with E-state index >= 15 is 0 Å². The van der Waals surface area contributed by atoms with Crippen molar-refractivity contribution in [2.75, 3.05) is 125 Å². The molecule has 0 radical (unpaired) electrons. The van der Waals surface area contributed by atoms with Crippen molar-refractivity contribution < 1.29 is 47.7 Å². The van der Waals surface area contributed by atoms with Gasteiger partial charge in [-0.2, -0.15) is 0 Å². The van der Waals surface area contributed by atoms with E-state index in [9.17, 15) is 24.0 Å². The highest BCUT2D eigenvalue weighted by Gasteiger charge is 2.17. The van der Waals surface area contributed by atoms with Crippen LogP contribution >= 0.6 is 0 Å². The Morgan fingerprint density at radius 3 is 0.857 bits per heavy atom. The van der Waals surface area contributed by atoms with E-state index in [1.165, 1.54) is 155 Å². The summed E-state index contributed by atoms with van der Waals surface area (Å²) >= 11 is 0. The highest BCUT2D eigenvalue weighted by Crippen LogP contribution is 2.09. The van der Waals surface area contributed by atoms with Crippen LogP contribution in [0.25, 0.3) is 0 Å². The number of carbonyl (C=O) groups excluding carboxylic acids is 5. The molecule has 0 spiro atoms. The lowest BCUT2D eigenvalue weighted by molar-refractivity contribution is -0.130. The van der Waals surface area contributed by atoms with Crippen LogP contribution in [0.4, 0.5) is 0 Å². The van der Waals surface area contributed by atoms with Gasteiger partial charge in [0.2, 0.25) is 29.5 Å². The summed E-state index contributed by atoms with van der Waals surface area (Å²) in [5.74, 6) is 0.333. The van der Waals surface area contributed by atoms with Crippen LogP contribution in [-0.2, 0) is 47.7 Å². The Labute approximate surface area is 475 Å². The molecule has 16 heteroatoms. The summed E-state index contributed by atoms with van der Waals surface area (Å²) in [7, 11) is 0. The quantitative estimate of drug-likeness (QED) is 0.0426. The number of unbranched alkanes of at least 4 members (excludes halogenated alkanes) is 19. The molecule has 462 valence electrons. The minimum Gasteiger partial charge on any atom is -0.379 e. The van der Waals surface area contributed by atoms with E-state index in [0.29, 0.717) is 65.9 Å². The number of rotatable bonds is 44. The van der Waals surface area contributed by atoms with Crippen LogP contribution in [0.1, 0.15) is 244 Å². The summed E-state index contributed by atoms with van der Waals surface area (Å²) in [6.07, 6.45) is 32.9. The zero-order valence-corrected chi connectivity index (χ0v) is 52.6. The Morgan fingerprint density at radius 1 is 0.299 bits per heavy atom. The second-order valence-corrected chi connectivity index (χ2v) is 19.7. The summed E-state index contributed by atoms with van der Waals surface area (Å²) in [6, 6.07) is 0. The fourth-order valence-corrected chi connectivity index (χ4v) is 7.17. The van der Waals surface area contributed by atoms with Crippen molar-refractivity contribution >= 4 is 29.5 Å². The summed E-state index contributed by atoms with van der Waals surface area (Å²) < 4.78 is 26.1. The Balaban J connectivity index is -0.000000271. The maximum absolute atomic E-state index is 11.1. The van der Waals surface area contributed by atoms with Crippen molar-refractivity contribution in [3.05, 3.63) is 0 Å². The maximum Gasteiger partial charge on any atom is 0.219 e. The smallest absolute Gasteiger partial charge is 0.219 e. The zero-order chi connectivity index (χ0) is 58.5. The lowest BCUT2D eigenvalue weighted by atomic mass is 10.1. The summed E-state index contributed by atoms with van der Waals surface area (Å²) in [4.78, 5) is 57.3. The number of nitrogens with one attached hydrogen (secondary N) is 4. The molecule has 1 rings (SSSR count). The van der Waals surface area contributed by atoms with Crippen molar-refractivity contribution in [3.8, 4) is 0 Å². The van der Waals surface area contributed by atoms with Crippen molar-refractivity contribution in [2.45, 2.75) is 244 Å². The molecular weight excluding hydrogens is 977 g/mol. The Hall–Kier alpha value is -2.89. The number of ether oxygens (including phenoxy) is 5. The molecule has 0 unspecified atom stereocenters. The third-order valence-corrected chi connectivity index (χ3v) is 11.7. The first-order valence-electron chi connectivity index (χ1n) is 31.1. The average Bonchev–Trinajstić information content (AvgIpc) is 3.40. The van der Waals surface area contributed by atoms with Gasteiger partial charge in [-0.3, -0.25) is 28.9 Å². The van der Waals surface area contributed by atoms with Crippen molar-refractivity contribution in [1.82, 2.24) is 31.1 Å². The number of carbonyl (C=O) groups is 5. The van der Waals surface area contributed by atoms with Crippen LogP contribution in [0.15, 0.2) is 0 Å². The fourth-order valence-electron chi connectivity index (χ4n) is 7.17. The first-order valence-corrected chi connectivity index (χ1v) is 31.1. The summed E-state index contributed by atoms with van der Waals surface area (Å²) in [6.45, 7) is 37.3. The van der Waals surface area contributed by atoms with E-state index in [-0.39, 0.29) is 29.5 Å². The van der Waals surface area contributed by atoms with Crippen LogP contribution in [0.2, 0.25) is 0 Å². The van der Waals surface area contributed by atoms with Gasteiger partial charge >= 0.3 is 0 Å². The van der Waals surface area contributed by atoms with Gasteiger partial charge in [0, 0.05) is 100 Å². The Kier molecular flexibility index (Phi) is 81.0. The molecule has 0 saturated carbocycles. The van der Waals surface area contributed by atoms with Gasteiger partial charge in [0.05, 0.1) is 52.9 Å². The van der Waals surface area contributed by atoms with E-state index in [1.807, 2.05) is 4.90 Å². The van der Waals surface area contributed by atoms with E-state index in [0.717, 1.165) is 78.2 Å². The first-order chi connectivity index (χ1) is 37.2. The fraction of sp³-hybridized carbons (Fsp3) is 0.918. The summed E-state index contributed by atoms with van der Waals surface area (Å²) in [5.41, 5.74) is 0. The van der Waals surface area contributed by atoms with Crippen LogP contribution in [0.5, 0.6) is 0 Å². The van der Waals surface area contributed by atoms with E-state index < -0.39 is 0 Å².